The Morgan fingerprint density at radius 2 is 2.18 bits per heavy atom. The minimum absolute atomic E-state index is 0.0254. The van der Waals surface area contributed by atoms with Crippen molar-refractivity contribution in [1.82, 2.24) is 4.31 Å². The van der Waals surface area contributed by atoms with Crippen molar-refractivity contribution < 1.29 is 13.6 Å². The Morgan fingerprint density at radius 3 is 2.36 bits per heavy atom. The van der Waals surface area contributed by atoms with Gasteiger partial charge in [-0.25, -0.2) is 4.21 Å². The molecule has 0 aromatic rings. The van der Waals surface area contributed by atoms with Gasteiger partial charge in [-0.1, -0.05) is 0 Å². The predicted molar refractivity (Wildman–Crippen MR) is 41.2 cm³/mol. The molecule has 64 valence electrons. The molecule has 0 radical (unpaired) electrons. The molecule has 0 saturated carbocycles. The Morgan fingerprint density at radius 1 is 1.64 bits per heavy atom. The molecule has 1 unspecified atom stereocenters. The van der Waals surface area contributed by atoms with Crippen LogP contribution in [0.4, 0.5) is 0 Å². The molecule has 0 amide bonds. The van der Waals surface area contributed by atoms with Crippen LogP contribution in [-0.4, -0.2) is 30.9 Å². The highest BCUT2D eigenvalue weighted by molar-refractivity contribution is 7.76. The van der Waals surface area contributed by atoms with E-state index in [1.165, 1.54) is 4.31 Å². The largest absolute Gasteiger partial charge is 0.298 e. The number of hydrogen-bond acceptors (Lipinski definition) is 2. The number of nitrogens with zero attached hydrogens (tertiary/aromatic N) is 1. The fraction of sp³-hybridized carbons (Fsp3) is 0.833. The minimum Gasteiger partial charge on any atom is -0.298 e. The van der Waals surface area contributed by atoms with Crippen LogP contribution >= 0.6 is 0 Å². The summed E-state index contributed by atoms with van der Waals surface area (Å²) in [6.45, 7) is 3.66. The lowest BCUT2D eigenvalue weighted by atomic mass is 10.0. The first-order valence-electron chi connectivity index (χ1n) is 3.34. The normalized spacial score (nSPS) is 27.4. The van der Waals surface area contributed by atoms with Gasteiger partial charge in [0.05, 0.1) is 6.54 Å². The summed E-state index contributed by atoms with van der Waals surface area (Å²) in [5, 5.41) is 0. The van der Waals surface area contributed by atoms with Crippen molar-refractivity contribution in [2.75, 3.05) is 6.54 Å². The number of carbonyl (C=O) groups is 1. The lowest BCUT2D eigenvalue weighted by Gasteiger charge is -2.25. The van der Waals surface area contributed by atoms with Gasteiger partial charge in [-0.15, -0.1) is 0 Å². The van der Waals surface area contributed by atoms with E-state index in [9.17, 15) is 9.00 Å². The summed E-state index contributed by atoms with van der Waals surface area (Å²) in [4.78, 5) is 10.9. The number of rotatable bonds is 1. The van der Waals surface area contributed by atoms with E-state index in [0.717, 1.165) is 0 Å². The molecular weight excluding hydrogens is 166 g/mol. The van der Waals surface area contributed by atoms with Crippen molar-refractivity contribution in [2.24, 2.45) is 0 Å². The van der Waals surface area contributed by atoms with Gasteiger partial charge in [0.25, 0.3) is 0 Å². The Kier molecular flexibility index (Phi) is 2.13. The van der Waals surface area contributed by atoms with E-state index in [4.69, 9.17) is 4.55 Å². The van der Waals surface area contributed by atoms with Gasteiger partial charge in [-0.05, 0) is 13.8 Å². The van der Waals surface area contributed by atoms with Crippen molar-refractivity contribution in [3.63, 3.8) is 0 Å². The van der Waals surface area contributed by atoms with Crippen molar-refractivity contribution in [1.29, 1.82) is 0 Å². The van der Waals surface area contributed by atoms with Crippen LogP contribution in [0.5, 0.6) is 0 Å². The summed E-state index contributed by atoms with van der Waals surface area (Å²) in [5.74, 6) is 0.0254. The molecule has 1 aliphatic rings. The Bertz CT molecular complexity index is 214. The van der Waals surface area contributed by atoms with E-state index in [-0.39, 0.29) is 12.3 Å². The van der Waals surface area contributed by atoms with E-state index in [1.54, 1.807) is 13.8 Å². The molecule has 0 spiro atoms. The molecule has 1 saturated heterocycles. The molecule has 1 atom stereocenters. The van der Waals surface area contributed by atoms with Crippen LogP contribution in [0.3, 0.4) is 0 Å². The lowest BCUT2D eigenvalue weighted by Crippen LogP contribution is -2.39. The van der Waals surface area contributed by atoms with E-state index in [2.05, 4.69) is 0 Å². The molecule has 1 aliphatic heterocycles. The summed E-state index contributed by atoms with van der Waals surface area (Å²) in [5.41, 5.74) is -0.462. The molecule has 0 aromatic carbocycles. The van der Waals surface area contributed by atoms with Gasteiger partial charge in [0, 0.05) is 12.0 Å². The molecule has 5 heteroatoms. The molecule has 1 N–H and O–H groups in total. The third-order valence-corrected chi connectivity index (χ3v) is 2.81. The van der Waals surface area contributed by atoms with E-state index >= 15 is 0 Å². The molecule has 0 aromatic heterocycles. The number of Topliss-reactive ketones (excluding diaryl/α,β-unsaturated/α-hetero) is 1. The maximum Gasteiger partial charge on any atom is 0.235 e. The summed E-state index contributed by atoms with van der Waals surface area (Å²) < 4.78 is 20.7. The highest BCUT2D eigenvalue weighted by Gasteiger charge is 2.40. The summed E-state index contributed by atoms with van der Waals surface area (Å²) in [6, 6.07) is 0. The molecule has 1 rings (SSSR count). The lowest BCUT2D eigenvalue weighted by molar-refractivity contribution is -0.116. The fourth-order valence-electron chi connectivity index (χ4n) is 1.27. The first-order valence-corrected chi connectivity index (χ1v) is 4.40. The zero-order valence-corrected chi connectivity index (χ0v) is 7.35. The van der Waals surface area contributed by atoms with E-state index < -0.39 is 16.8 Å². The topological polar surface area (TPSA) is 57.6 Å². The summed E-state index contributed by atoms with van der Waals surface area (Å²) in [7, 11) is 0. The maximum atomic E-state index is 10.9. The van der Waals surface area contributed by atoms with Crippen LogP contribution in [0.1, 0.15) is 20.3 Å². The Hall–Kier alpha value is -0.260. The first kappa shape index (κ1) is 8.83. The second kappa shape index (κ2) is 2.66. The van der Waals surface area contributed by atoms with Gasteiger partial charge in [-0.3, -0.25) is 9.35 Å². The second-order valence-electron chi connectivity index (χ2n) is 3.30. The highest BCUT2D eigenvalue weighted by Crippen LogP contribution is 2.26. The van der Waals surface area contributed by atoms with Crippen molar-refractivity contribution in [2.45, 2.75) is 25.8 Å². The molecule has 0 aliphatic carbocycles. The zero-order valence-electron chi connectivity index (χ0n) is 6.53. The van der Waals surface area contributed by atoms with Crippen LogP contribution in [0.15, 0.2) is 0 Å². The van der Waals surface area contributed by atoms with Crippen molar-refractivity contribution >= 4 is 17.0 Å². The van der Waals surface area contributed by atoms with Gasteiger partial charge in [0.2, 0.25) is 11.3 Å². The zero-order chi connectivity index (χ0) is 8.65. The van der Waals surface area contributed by atoms with E-state index in [0.29, 0.717) is 6.42 Å². The van der Waals surface area contributed by atoms with Crippen LogP contribution in [0.2, 0.25) is 0 Å². The highest BCUT2D eigenvalue weighted by atomic mass is 32.2. The monoisotopic (exact) mass is 177 g/mol. The van der Waals surface area contributed by atoms with Crippen LogP contribution < -0.4 is 0 Å². The average molecular weight is 177 g/mol. The second-order valence-corrected chi connectivity index (χ2v) is 4.20. The van der Waals surface area contributed by atoms with Crippen LogP contribution in [-0.2, 0) is 16.1 Å². The first-order chi connectivity index (χ1) is 4.93. The summed E-state index contributed by atoms with van der Waals surface area (Å²) in [6.07, 6.45) is 0.360. The maximum absolute atomic E-state index is 10.9. The average Bonchev–Trinajstić information content (AvgIpc) is 2.04. The third kappa shape index (κ3) is 1.66. The smallest absolute Gasteiger partial charge is 0.235 e. The molecule has 1 fully saturated rings. The molecule has 1 heterocycles. The molecule has 4 nitrogen and oxygen atoms in total. The standard InChI is InChI=1S/C6H11NO3S/c1-6(2)3-5(8)4-7(6)11(9)10/h3-4H2,1-2H3,(H,9,10). The predicted octanol–water partition coefficient (Wildman–Crippen LogP) is 0.177. The number of ketones is 1. The Balaban J connectivity index is 2.82. The number of carbonyl (C=O) groups excluding carboxylic acids is 1. The van der Waals surface area contributed by atoms with Gasteiger partial charge in [-0.2, -0.15) is 4.31 Å². The quantitative estimate of drug-likeness (QED) is 0.581. The van der Waals surface area contributed by atoms with Crippen molar-refractivity contribution in [3.05, 3.63) is 0 Å². The fourth-order valence-corrected chi connectivity index (χ4v) is 2.01. The molecule has 11 heavy (non-hydrogen) atoms. The van der Waals surface area contributed by atoms with Crippen LogP contribution in [0.25, 0.3) is 0 Å². The van der Waals surface area contributed by atoms with Gasteiger partial charge < -0.3 is 0 Å². The minimum atomic E-state index is -2.02. The number of hydrogen-bond donors (Lipinski definition) is 1. The van der Waals surface area contributed by atoms with Gasteiger partial charge in [0.1, 0.15) is 5.78 Å². The SMILES string of the molecule is CC1(C)CC(=O)CN1S(=O)O. The summed E-state index contributed by atoms with van der Waals surface area (Å²) >= 11 is -2.02. The Labute approximate surface area is 68.0 Å². The van der Waals surface area contributed by atoms with E-state index in [1.807, 2.05) is 0 Å². The van der Waals surface area contributed by atoms with Gasteiger partial charge in [0.15, 0.2) is 0 Å². The van der Waals surface area contributed by atoms with Crippen LogP contribution in [0, 0.1) is 0 Å². The third-order valence-electron chi connectivity index (χ3n) is 1.81. The molecular formula is C6H11NO3S. The molecule has 0 bridgehead atoms. The van der Waals surface area contributed by atoms with Gasteiger partial charge >= 0.3 is 0 Å². The van der Waals surface area contributed by atoms with Crippen molar-refractivity contribution in [3.8, 4) is 0 Å².